The van der Waals surface area contributed by atoms with Gasteiger partial charge in [-0.15, -0.1) is 0 Å². The van der Waals surface area contributed by atoms with E-state index in [1.165, 1.54) is 0 Å². The minimum Gasteiger partial charge on any atom is -0.365 e. The Bertz CT molecular complexity index is 874. The third kappa shape index (κ3) is 3.71. The molecule has 1 N–H and O–H groups in total. The number of nitrogens with zero attached hydrogens (tertiary/aromatic N) is 2. The Hall–Kier alpha value is -2.67. The van der Waals surface area contributed by atoms with Crippen LogP contribution in [0.5, 0.6) is 0 Å². The smallest absolute Gasteiger partial charge is 0.248 e. The molecule has 1 atom stereocenters. The lowest BCUT2D eigenvalue weighted by atomic mass is 10.2. The van der Waals surface area contributed by atoms with Crippen LogP contribution in [0.2, 0.25) is 0 Å². The highest BCUT2D eigenvalue weighted by Crippen LogP contribution is 2.12. The molecule has 0 bridgehead atoms. The number of carbonyl (C=O) groups is 2. The van der Waals surface area contributed by atoms with E-state index in [2.05, 4.69) is 5.32 Å². The third-order valence-corrected chi connectivity index (χ3v) is 4.40. The maximum Gasteiger partial charge on any atom is 0.248 e. The van der Waals surface area contributed by atoms with Crippen molar-refractivity contribution in [2.75, 3.05) is 26.7 Å². The Morgan fingerprint density at radius 1 is 1.32 bits per heavy atom. The molecule has 1 unspecified atom stereocenters. The summed E-state index contributed by atoms with van der Waals surface area (Å²) in [5.74, 6) is -0.224. The number of pyridine rings is 1. The van der Waals surface area contributed by atoms with Crippen LogP contribution in [0.25, 0.3) is 10.9 Å². The van der Waals surface area contributed by atoms with Crippen LogP contribution in [-0.2, 0) is 20.9 Å². The summed E-state index contributed by atoms with van der Waals surface area (Å²) in [5, 5.41) is 3.44. The van der Waals surface area contributed by atoms with Gasteiger partial charge in [0.2, 0.25) is 11.8 Å². The molecule has 132 valence electrons. The number of amides is 2. The minimum absolute atomic E-state index is 0.0422. The number of aryl methyl sites for hydroxylation is 1. The molecule has 1 aromatic heterocycles. The summed E-state index contributed by atoms with van der Waals surface area (Å²) in [7, 11) is 1.72. The summed E-state index contributed by atoms with van der Waals surface area (Å²) >= 11 is 0. The van der Waals surface area contributed by atoms with Crippen molar-refractivity contribution in [1.82, 2.24) is 14.8 Å². The average Bonchev–Trinajstić information content (AvgIpc) is 2.59. The van der Waals surface area contributed by atoms with Gasteiger partial charge in [-0.1, -0.05) is 12.1 Å². The predicted octanol–water partition coefficient (Wildman–Crippen LogP) is 0.283. The van der Waals surface area contributed by atoms with Crippen LogP contribution in [0.3, 0.4) is 0 Å². The SMILES string of the molecule is Cc1cc(=O)c2ccccc2n1CC(=O)NCC1CN(C)C(=O)CO1. The fourth-order valence-corrected chi connectivity index (χ4v) is 2.97. The number of morpholine rings is 1. The second kappa shape index (κ2) is 7.06. The van der Waals surface area contributed by atoms with E-state index in [0.717, 1.165) is 11.2 Å². The molecule has 25 heavy (non-hydrogen) atoms. The van der Waals surface area contributed by atoms with Gasteiger partial charge in [0.15, 0.2) is 5.43 Å². The standard InChI is InChI=1S/C18H21N3O4/c1-12-7-16(22)14-5-3-4-6-15(14)21(12)10-17(23)19-8-13-9-20(2)18(24)11-25-13/h3-7,13H,8-11H2,1-2H3,(H,19,23). The average molecular weight is 343 g/mol. The molecule has 1 fully saturated rings. The van der Waals surface area contributed by atoms with E-state index >= 15 is 0 Å². The Labute approximate surface area is 145 Å². The molecule has 2 amide bonds. The number of benzene rings is 1. The van der Waals surface area contributed by atoms with Gasteiger partial charge in [-0.3, -0.25) is 14.4 Å². The first-order valence-electron chi connectivity index (χ1n) is 8.17. The molecule has 1 saturated heterocycles. The molecular weight excluding hydrogens is 322 g/mol. The highest BCUT2D eigenvalue weighted by molar-refractivity contribution is 5.82. The number of hydrogen-bond acceptors (Lipinski definition) is 4. The summed E-state index contributed by atoms with van der Waals surface area (Å²) in [5.41, 5.74) is 1.42. The van der Waals surface area contributed by atoms with Gasteiger partial charge in [0.1, 0.15) is 13.2 Å². The zero-order chi connectivity index (χ0) is 18.0. The maximum absolute atomic E-state index is 12.3. The number of ether oxygens (including phenoxy) is 1. The molecule has 0 spiro atoms. The summed E-state index contributed by atoms with van der Waals surface area (Å²) in [4.78, 5) is 37.4. The molecule has 0 radical (unpaired) electrons. The molecule has 3 rings (SSSR count). The van der Waals surface area contributed by atoms with E-state index in [1.807, 2.05) is 29.7 Å². The summed E-state index contributed by atoms with van der Waals surface area (Å²) in [6, 6.07) is 8.79. The van der Waals surface area contributed by atoms with Gasteiger partial charge in [-0.05, 0) is 19.1 Å². The van der Waals surface area contributed by atoms with Crippen LogP contribution in [0.1, 0.15) is 5.69 Å². The molecular formula is C18H21N3O4. The normalized spacial score (nSPS) is 17.8. The molecule has 0 saturated carbocycles. The molecule has 0 aliphatic carbocycles. The van der Waals surface area contributed by atoms with E-state index in [-0.39, 0.29) is 36.5 Å². The van der Waals surface area contributed by atoms with E-state index in [9.17, 15) is 14.4 Å². The predicted molar refractivity (Wildman–Crippen MR) is 93.3 cm³/mol. The lowest BCUT2D eigenvalue weighted by molar-refractivity contribution is -0.146. The molecule has 7 heteroatoms. The molecule has 2 heterocycles. The number of fused-ring (bicyclic) bond motifs is 1. The van der Waals surface area contributed by atoms with Gasteiger partial charge in [-0.25, -0.2) is 0 Å². The lowest BCUT2D eigenvalue weighted by Crippen LogP contribution is -2.49. The van der Waals surface area contributed by atoms with Gasteiger partial charge in [0, 0.05) is 37.3 Å². The number of nitrogens with one attached hydrogen (secondary N) is 1. The van der Waals surface area contributed by atoms with Crippen LogP contribution in [0.15, 0.2) is 35.1 Å². The van der Waals surface area contributed by atoms with Crippen molar-refractivity contribution in [2.24, 2.45) is 0 Å². The maximum atomic E-state index is 12.3. The van der Waals surface area contributed by atoms with Gasteiger partial charge in [-0.2, -0.15) is 0 Å². The number of hydrogen-bond donors (Lipinski definition) is 1. The molecule has 1 aliphatic rings. The lowest BCUT2D eigenvalue weighted by Gasteiger charge is -2.30. The van der Waals surface area contributed by atoms with Gasteiger partial charge in [0.25, 0.3) is 0 Å². The van der Waals surface area contributed by atoms with Crippen molar-refractivity contribution >= 4 is 22.7 Å². The van der Waals surface area contributed by atoms with Gasteiger partial charge in [0.05, 0.1) is 11.6 Å². The Morgan fingerprint density at radius 3 is 2.84 bits per heavy atom. The zero-order valence-corrected chi connectivity index (χ0v) is 14.3. The van der Waals surface area contributed by atoms with Crippen LogP contribution in [0, 0.1) is 6.92 Å². The second-order valence-corrected chi connectivity index (χ2v) is 6.26. The molecule has 7 nitrogen and oxygen atoms in total. The summed E-state index contributed by atoms with van der Waals surface area (Å²) in [6.45, 7) is 2.77. The number of rotatable bonds is 4. The molecule has 1 aliphatic heterocycles. The van der Waals surface area contributed by atoms with Crippen molar-refractivity contribution in [2.45, 2.75) is 19.6 Å². The van der Waals surface area contributed by atoms with E-state index in [1.54, 1.807) is 24.1 Å². The number of aromatic nitrogens is 1. The Morgan fingerprint density at radius 2 is 2.08 bits per heavy atom. The monoisotopic (exact) mass is 343 g/mol. The third-order valence-electron chi connectivity index (χ3n) is 4.40. The van der Waals surface area contributed by atoms with Crippen molar-refractivity contribution in [3.05, 3.63) is 46.2 Å². The number of carbonyl (C=O) groups excluding carboxylic acids is 2. The first kappa shape index (κ1) is 17.2. The topological polar surface area (TPSA) is 80.6 Å². The van der Waals surface area contributed by atoms with E-state index in [4.69, 9.17) is 4.74 Å². The van der Waals surface area contributed by atoms with Crippen LogP contribution in [0.4, 0.5) is 0 Å². The van der Waals surface area contributed by atoms with E-state index in [0.29, 0.717) is 18.5 Å². The van der Waals surface area contributed by atoms with Crippen molar-refractivity contribution in [3.8, 4) is 0 Å². The second-order valence-electron chi connectivity index (χ2n) is 6.26. The number of para-hydroxylation sites is 1. The van der Waals surface area contributed by atoms with Crippen molar-refractivity contribution in [1.29, 1.82) is 0 Å². The fraction of sp³-hybridized carbons (Fsp3) is 0.389. The molecule has 2 aromatic rings. The van der Waals surface area contributed by atoms with Crippen LogP contribution >= 0.6 is 0 Å². The largest absolute Gasteiger partial charge is 0.365 e. The quantitative estimate of drug-likeness (QED) is 0.865. The first-order chi connectivity index (χ1) is 12.0. The highest BCUT2D eigenvalue weighted by atomic mass is 16.5. The first-order valence-corrected chi connectivity index (χ1v) is 8.17. The summed E-state index contributed by atoms with van der Waals surface area (Å²) in [6.07, 6.45) is -0.210. The zero-order valence-electron chi connectivity index (χ0n) is 14.3. The Balaban J connectivity index is 1.68. The van der Waals surface area contributed by atoms with Crippen molar-refractivity contribution in [3.63, 3.8) is 0 Å². The highest BCUT2D eigenvalue weighted by Gasteiger charge is 2.23. The molecule has 1 aromatic carbocycles. The Kier molecular flexibility index (Phi) is 4.85. The van der Waals surface area contributed by atoms with Crippen LogP contribution in [-0.4, -0.2) is 54.1 Å². The van der Waals surface area contributed by atoms with Gasteiger partial charge < -0.3 is 19.5 Å². The minimum atomic E-state index is -0.210. The van der Waals surface area contributed by atoms with Gasteiger partial charge >= 0.3 is 0 Å². The van der Waals surface area contributed by atoms with Crippen molar-refractivity contribution < 1.29 is 14.3 Å². The summed E-state index contributed by atoms with van der Waals surface area (Å²) < 4.78 is 7.24. The van der Waals surface area contributed by atoms with Crippen LogP contribution < -0.4 is 10.7 Å². The van der Waals surface area contributed by atoms with E-state index < -0.39 is 0 Å². The number of likely N-dealkylation sites (N-methyl/N-ethyl adjacent to an activating group) is 1. The fourth-order valence-electron chi connectivity index (χ4n) is 2.97.